The zero-order valence-corrected chi connectivity index (χ0v) is 17.2. The van der Waals surface area contributed by atoms with E-state index in [4.69, 9.17) is 14.2 Å². The van der Waals surface area contributed by atoms with Crippen LogP contribution in [0, 0.1) is 0 Å². The molecule has 0 radical (unpaired) electrons. The SMILES string of the molecule is CCN(Cc1ccc2c(c1)OCCO2)C(=O)COC(=O)c1ccccc1[S@](C)=O. The fourth-order valence-electron chi connectivity index (χ4n) is 2.97. The van der Waals surface area contributed by atoms with Crippen LogP contribution in [0.2, 0.25) is 0 Å². The molecule has 0 bridgehead atoms. The lowest BCUT2D eigenvalue weighted by atomic mass is 10.1. The highest BCUT2D eigenvalue weighted by Crippen LogP contribution is 2.31. The molecule has 0 unspecified atom stereocenters. The second-order valence-corrected chi connectivity index (χ2v) is 7.76. The van der Waals surface area contributed by atoms with Crippen molar-refractivity contribution in [1.82, 2.24) is 4.90 Å². The van der Waals surface area contributed by atoms with E-state index in [9.17, 15) is 13.8 Å². The van der Waals surface area contributed by atoms with Crippen molar-refractivity contribution in [2.75, 3.05) is 32.6 Å². The molecule has 1 aliphatic rings. The van der Waals surface area contributed by atoms with E-state index < -0.39 is 16.8 Å². The Labute approximate surface area is 172 Å². The van der Waals surface area contributed by atoms with Gasteiger partial charge < -0.3 is 19.1 Å². The van der Waals surface area contributed by atoms with Crippen LogP contribution in [0.25, 0.3) is 0 Å². The van der Waals surface area contributed by atoms with E-state index >= 15 is 0 Å². The standard InChI is InChI=1S/C21H23NO6S/c1-3-22(13-15-8-9-17-18(12-15)27-11-10-26-17)20(23)14-28-21(24)16-6-4-5-7-19(16)29(2)25/h4-9,12H,3,10-11,13-14H2,1-2H3/t29-/m0/s1. The third kappa shape index (κ3) is 5.14. The van der Waals surface area contributed by atoms with Gasteiger partial charge in [0.15, 0.2) is 18.1 Å². The largest absolute Gasteiger partial charge is 0.486 e. The molecule has 0 saturated carbocycles. The minimum atomic E-state index is -1.33. The summed E-state index contributed by atoms with van der Waals surface area (Å²) < 4.78 is 28.0. The second kappa shape index (κ2) is 9.56. The molecule has 8 heteroatoms. The van der Waals surface area contributed by atoms with E-state index in [-0.39, 0.29) is 18.1 Å². The highest BCUT2D eigenvalue weighted by atomic mass is 32.2. The van der Waals surface area contributed by atoms with Crippen LogP contribution in [0.15, 0.2) is 47.4 Å². The molecule has 1 amide bonds. The van der Waals surface area contributed by atoms with E-state index in [0.717, 1.165) is 5.56 Å². The predicted octanol–water partition coefficient (Wildman–Crippen LogP) is 2.40. The van der Waals surface area contributed by atoms with E-state index in [0.29, 0.717) is 42.7 Å². The van der Waals surface area contributed by atoms with Crippen LogP contribution in [-0.2, 0) is 26.9 Å². The van der Waals surface area contributed by atoms with Crippen molar-refractivity contribution in [2.24, 2.45) is 0 Å². The predicted molar refractivity (Wildman–Crippen MR) is 108 cm³/mol. The van der Waals surface area contributed by atoms with E-state index in [1.165, 1.54) is 12.3 Å². The number of carbonyl (C=O) groups is 2. The van der Waals surface area contributed by atoms with Gasteiger partial charge in [-0.25, -0.2) is 4.79 Å². The lowest BCUT2D eigenvalue weighted by Crippen LogP contribution is -2.34. The first-order chi connectivity index (χ1) is 14.0. The minimum Gasteiger partial charge on any atom is -0.486 e. The Hall–Kier alpha value is -2.87. The smallest absolute Gasteiger partial charge is 0.339 e. The molecule has 1 aliphatic heterocycles. The molecule has 1 heterocycles. The van der Waals surface area contributed by atoms with Crippen molar-refractivity contribution < 1.29 is 28.0 Å². The Kier molecular flexibility index (Phi) is 6.87. The first-order valence-corrected chi connectivity index (χ1v) is 10.8. The van der Waals surface area contributed by atoms with Crippen LogP contribution in [0.1, 0.15) is 22.8 Å². The van der Waals surface area contributed by atoms with Gasteiger partial charge in [-0.15, -0.1) is 0 Å². The number of amides is 1. The van der Waals surface area contributed by atoms with Gasteiger partial charge in [0.2, 0.25) is 0 Å². The summed E-state index contributed by atoms with van der Waals surface area (Å²) >= 11 is 0. The summed E-state index contributed by atoms with van der Waals surface area (Å²) in [5.41, 5.74) is 1.10. The number of hydrogen-bond donors (Lipinski definition) is 0. The topological polar surface area (TPSA) is 82.1 Å². The molecule has 29 heavy (non-hydrogen) atoms. The number of fused-ring (bicyclic) bond motifs is 1. The van der Waals surface area contributed by atoms with Gasteiger partial charge in [-0.1, -0.05) is 18.2 Å². The number of rotatable bonds is 7. The van der Waals surface area contributed by atoms with Crippen molar-refractivity contribution >= 4 is 22.7 Å². The zero-order chi connectivity index (χ0) is 20.8. The van der Waals surface area contributed by atoms with E-state index in [1.54, 1.807) is 23.1 Å². The van der Waals surface area contributed by atoms with Gasteiger partial charge in [0.25, 0.3) is 5.91 Å². The molecule has 2 aromatic rings. The van der Waals surface area contributed by atoms with Crippen LogP contribution in [0.3, 0.4) is 0 Å². The average molecular weight is 417 g/mol. The highest BCUT2D eigenvalue weighted by Gasteiger charge is 2.19. The molecule has 0 saturated heterocycles. The molecular weight excluding hydrogens is 394 g/mol. The van der Waals surface area contributed by atoms with Crippen LogP contribution >= 0.6 is 0 Å². The molecule has 3 rings (SSSR count). The number of ether oxygens (including phenoxy) is 3. The summed E-state index contributed by atoms with van der Waals surface area (Å²) in [6.07, 6.45) is 1.49. The molecule has 0 N–H and O–H groups in total. The van der Waals surface area contributed by atoms with Crippen molar-refractivity contribution in [3.63, 3.8) is 0 Å². The van der Waals surface area contributed by atoms with Crippen molar-refractivity contribution in [3.05, 3.63) is 53.6 Å². The molecule has 1 atom stereocenters. The molecule has 7 nitrogen and oxygen atoms in total. The highest BCUT2D eigenvalue weighted by molar-refractivity contribution is 7.84. The Bertz CT molecular complexity index is 929. The van der Waals surface area contributed by atoms with E-state index in [1.807, 2.05) is 25.1 Å². The summed E-state index contributed by atoms with van der Waals surface area (Å²) in [6, 6.07) is 12.1. The normalized spacial score (nSPS) is 13.4. The Morgan fingerprint density at radius 2 is 1.83 bits per heavy atom. The quantitative estimate of drug-likeness (QED) is 0.644. The first-order valence-electron chi connectivity index (χ1n) is 9.25. The van der Waals surface area contributed by atoms with Crippen molar-refractivity contribution in [2.45, 2.75) is 18.4 Å². The maximum absolute atomic E-state index is 12.6. The lowest BCUT2D eigenvalue weighted by molar-refractivity contribution is -0.134. The molecule has 0 aromatic heterocycles. The third-order valence-electron chi connectivity index (χ3n) is 4.46. The number of benzene rings is 2. The molecule has 0 aliphatic carbocycles. The number of esters is 1. The summed E-state index contributed by atoms with van der Waals surface area (Å²) in [5, 5.41) is 0. The van der Waals surface area contributed by atoms with Gasteiger partial charge in [0, 0.05) is 19.3 Å². The molecular formula is C21H23NO6S. The van der Waals surface area contributed by atoms with Crippen LogP contribution < -0.4 is 9.47 Å². The fourth-order valence-corrected chi connectivity index (χ4v) is 3.70. The Morgan fingerprint density at radius 3 is 2.55 bits per heavy atom. The summed E-state index contributed by atoms with van der Waals surface area (Å²) in [7, 11) is -1.33. The Balaban J connectivity index is 1.62. The number of hydrogen-bond acceptors (Lipinski definition) is 6. The molecule has 0 spiro atoms. The van der Waals surface area contributed by atoms with Crippen LogP contribution in [-0.4, -0.2) is 53.6 Å². The van der Waals surface area contributed by atoms with Crippen molar-refractivity contribution in [3.8, 4) is 11.5 Å². The van der Waals surface area contributed by atoms with Gasteiger partial charge in [-0.3, -0.25) is 9.00 Å². The number of nitrogens with zero attached hydrogens (tertiary/aromatic N) is 1. The van der Waals surface area contributed by atoms with Crippen molar-refractivity contribution in [1.29, 1.82) is 0 Å². The van der Waals surface area contributed by atoms with Gasteiger partial charge >= 0.3 is 5.97 Å². The van der Waals surface area contributed by atoms with Crippen LogP contribution in [0.4, 0.5) is 0 Å². The molecule has 2 aromatic carbocycles. The first kappa shape index (κ1) is 20.9. The summed E-state index contributed by atoms with van der Waals surface area (Å²) in [5.74, 6) is 0.369. The average Bonchev–Trinajstić information content (AvgIpc) is 2.75. The van der Waals surface area contributed by atoms with Gasteiger partial charge in [0.1, 0.15) is 13.2 Å². The van der Waals surface area contributed by atoms with E-state index in [2.05, 4.69) is 0 Å². The summed E-state index contributed by atoms with van der Waals surface area (Å²) in [6.45, 7) is 3.30. The second-order valence-electron chi connectivity index (χ2n) is 6.41. The summed E-state index contributed by atoms with van der Waals surface area (Å²) in [4.78, 5) is 26.9. The van der Waals surface area contributed by atoms with Gasteiger partial charge in [-0.2, -0.15) is 0 Å². The molecule has 0 fully saturated rings. The maximum Gasteiger partial charge on any atom is 0.339 e. The monoisotopic (exact) mass is 417 g/mol. The lowest BCUT2D eigenvalue weighted by Gasteiger charge is -2.23. The maximum atomic E-state index is 12.6. The molecule has 154 valence electrons. The fraction of sp³-hybridized carbons (Fsp3) is 0.333. The third-order valence-corrected chi connectivity index (χ3v) is 5.43. The minimum absolute atomic E-state index is 0.205. The van der Waals surface area contributed by atoms with Gasteiger partial charge in [0.05, 0.1) is 21.3 Å². The zero-order valence-electron chi connectivity index (χ0n) is 16.4. The number of carbonyl (C=O) groups excluding carboxylic acids is 2. The number of likely N-dealkylation sites (N-methyl/N-ethyl adjacent to an activating group) is 1. The Morgan fingerprint density at radius 1 is 1.10 bits per heavy atom. The van der Waals surface area contributed by atoms with Gasteiger partial charge in [-0.05, 0) is 36.8 Å². The van der Waals surface area contributed by atoms with Crippen LogP contribution in [0.5, 0.6) is 11.5 Å².